The highest BCUT2D eigenvalue weighted by Gasteiger charge is 2.38. The number of aromatic nitrogens is 2. The number of nitrogens with zero attached hydrogens (tertiary/aromatic N) is 5. The maximum absolute atomic E-state index is 14.6. The molecule has 1 aromatic heterocycles. The molecule has 194 valence electrons. The van der Waals surface area contributed by atoms with E-state index in [1.54, 1.807) is 15.6 Å². The number of rotatable bonds is 7. The molecule has 0 radical (unpaired) electrons. The average Bonchev–Trinajstić information content (AvgIpc) is 3.65. The fourth-order valence-corrected chi connectivity index (χ4v) is 5.65. The van der Waals surface area contributed by atoms with Crippen molar-refractivity contribution in [2.75, 3.05) is 29.5 Å². The minimum absolute atomic E-state index is 0.0243. The fourth-order valence-electron chi connectivity index (χ4n) is 5.65. The maximum atomic E-state index is 14.6. The zero-order valence-electron chi connectivity index (χ0n) is 21.6. The van der Waals surface area contributed by atoms with E-state index < -0.39 is 0 Å². The van der Waals surface area contributed by atoms with Crippen molar-refractivity contribution < 1.29 is 13.9 Å². The van der Waals surface area contributed by atoms with E-state index in [1.807, 2.05) is 55.4 Å². The van der Waals surface area contributed by atoms with E-state index in [4.69, 9.17) is 4.74 Å². The van der Waals surface area contributed by atoms with Crippen LogP contribution in [0, 0.1) is 18.7 Å². The first-order valence-corrected chi connectivity index (χ1v) is 13.3. The van der Waals surface area contributed by atoms with E-state index in [-0.39, 0.29) is 17.9 Å². The van der Waals surface area contributed by atoms with Gasteiger partial charge in [-0.2, -0.15) is 5.10 Å². The number of piperidine rings is 1. The van der Waals surface area contributed by atoms with Gasteiger partial charge in [0.05, 0.1) is 25.4 Å². The molecular weight excluding hydrogens is 469 g/mol. The second kappa shape index (κ2) is 9.72. The van der Waals surface area contributed by atoms with Gasteiger partial charge >= 0.3 is 6.03 Å². The third kappa shape index (κ3) is 4.77. The van der Waals surface area contributed by atoms with Crippen molar-refractivity contribution in [1.29, 1.82) is 0 Å². The molecule has 1 aliphatic carbocycles. The van der Waals surface area contributed by atoms with Crippen LogP contribution in [0.3, 0.4) is 0 Å². The van der Waals surface area contributed by atoms with Crippen LogP contribution < -0.4 is 14.5 Å². The Morgan fingerprint density at radius 3 is 2.59 bits per heavy atom. The van der Waals surface area contributed by atoms with E-state index in [0.717, 1.165) is 47.7 Å². The molecule has 0 N–H and O–H groups in total. The molecule has 2 amide bonds. The highest BCUT2D eigenvalue weighted by Crippen LogP contribution is 2.35. The SMILES string of the molecule is Cc1cccc(F)c1N1CCC(N2Cc3cn(C)nc3N(Cc3ccccc3OCC3CC3)C2=O)CC1. The second-order valence-electron chi connectivity index (χ2n) is 10.6. The summed E-state index contributed by atoms with van der Waals surface area (Å²) >= 11 is 0. The van der Waals surface area contributed by atoms with Gasteiger partial charge in [0.1, 0.15) is 11.6 Å². The van der Waals surface area contributed by atoms with Gasteiger partial charge < -0.3 is 14.5 Å². The number of hydrogen-bond acceptors (Lipinski definition) is 4. The number of halogens is 1. The van der Waals surface area contributed by atoms with Gasteiger partial charge in [-0.25, -0.2) is 9.18 Å². The molecule has 2 fully saturated rings. The Morgan fingerprint density at radius 2 is 1.84 bits per heavy atom. The van der Waals surface area contributed by atoms with Crippen LogP contribution in [-0.2, 0) is 20.1 Å². The van der Waals surface area contributed by atoms with Crippen LogP contribution in [0.15, 0.2) is 48.7 Å². The van der Waals surface area contributed by atoms with Crippen molar-refractivity contribution in [2.45, 2.75) is 51.7 Å². The van der Waals surface area contributed by atoms with Crippen molar-refractivity contribution in [2.24, 2.45) is 13.0 Å². The number of ether oxygens (including phenoxy) is 1. The number of anilines is 2. The van der Waals surface area contributed by atoms with Crippen molar-refractivity contribution >= 4 is 17.5 Å². The van der Waals surface area contributed by atoms with Crippen LogP contribution >= 0.6 is 0 Å². The van der Waals surface area contributed by atoms with Gasteiger partial charge in [-0.1, -0.05) is 30.3 Å². The third-order valence-electron chi connectivity index (χ3n) is 7.84. The number of carbonyl (C=O) groups excluding carboxylic acids is 1. The summed E-state index contributed by atoms with van der Waals surface area (Å²) in [5.74, 6) is 2.04. The van der Waals surface area contributed by atoms with E-state index in [2.05, 4.69) is 10.00 Å². The summed E-state index contributed by atoms with van der Waals surface area (Å²) in [5.41, 5.74) is 3.66. The highest BCUT2D eigenvalue weighted by molar-refractivity contribution is 5.94. The molecule has 3 heterocycles. The van der Waals surface area contributed by atoms with Crippen molar-refractivity contribution in [3.8, 4) is 5.75 Å². The number of para-hydroxylation sites is 2. The normalized spacial score (nSPS) is 18.4. The smallest absolute Gasteiger partial charge is 0.326 e. The van der Waals surface area contributed by atoms with Gasteiger partial charge in [0, 0.05) is 43.5 Å². The summed E-state index contributed by atoms with van der Waals surface area (Å²) in [6.07, 6.45) is 6.06. The summed E-state index contributed by atoms with van der Waals surface area (Å²) in [6, 6.07) is 13.3. The number of amides is 2. The van der Waals surface area contributed by atoms with Crippen molar-refractivity contribution in [3.05, 3.63) is 71.2 Å². The number of benzene rings is 2. The standard InChI is InChI=1S/C29H34FN5O2/c1-20-6-5-8-25(30)27(20)33-14-12-24(13-15-33)34-18-23-16-32(2)31-28(23)35(29(34)36)17-22-7-3-4-9-26(22)37-19-21-10-11-21/h3-9,16,21,24H,10-15,17-19H2,1-2H3. The lowest BCUT2D eigenvalue weighted by atomic mass is 10.00. The minimum Gasteiger partial charge on any atom is -0.493 e. The van der Waals surface area contributed by atoms with Crippen LogP contribution in [0.4, 0.5) is 20.7 Å². The molecular formula is C29H34FN5O2. The predicted molar refractivity (Wildman–Crippen MR) is 141 cm³/mol. The van der Waals surface area contributed by atoms with E-state index in [9.17, 15) is 9.18 Å². The second-order valence-corrected chi connectivity index (χ2v) is 10.6. The molecule has 3 aliphatic rings. The van der Waals surface area contributed by atoms with Gasteiger partial charge in [-0.3, -0.25) is 9.58 Å². The fraction of sp³-hybridized carbons (Fsp3) is 0.448. The van der Waals surface area contributed by atoms with E-state index in [0.29, 0.717) is 37.8 Å². The molecule has 2 aliphatic heterocycles. The first-order valence-electron chi connectivity index (χ1n) is 13.3. The Hall–Kier alpha value is -3.55. The maximum Gasteiger partial charge on any atom is 0.326 e. The summed E-state index contributed by atoms with van der Waals surface area (Å²) < 4.78 is 22.5. The molecule has 0 atom stereocenters. The monoisotopic (exact) mass is 503 g/mol. The van der Waals surface area contributed by atoms with Crippen molar-refractivity contribution in [1.82, 2.24) is 14.7 Å². The Kier molecular flexibility index (Phi) is 6.26. The first kappa shape index (κ1) is 23.8. The summed E-state index contributed by atoms with van der Waals surface area (Å²) in [6.45, 7) is 5.07. The van der Waals surface area contributed by atoms with Gasteiger partial charge in [0.2, 0.25) is 0 Å². The lowest BCUT2D eigenvalue weighted by molar-refractivity contribution is 0.159. The van der Waals surface area contributed by atoms with Crippen LogP contribution in [0.5, 0.6) is 5.75 Å². The third-order valence-corrected chi connectivity index (χ3v) is 7.84. The molecule has 1 saturated heterocycles. The lowest BCUT2D eigenvalue weighted by Crippen LogP contribution is -2.54. The largest absolute Gasteiger partial charge is 0.493 e. The summed E-state index contributed by atoms with van der Waals surface area (Å²) in [5, 5.41) is 4.65. The topological polar surface area (TPSA) is 53.8 Å². The van der Waals surface area contributed by atoms with Crippen molar-refractivity contribution in [3.63, 3.8) is 0 Å². The zero-order valence-corrected chi connectivity index (χ0v) is 21.6. The quantitative estimate of drug-likeness (QED) is 0.441. The minimum atomic E-state index is -0.179. The Labute approximate surface area is 217 Å². The lowest BCUT2D eigenvalue weighted by Gasteiger charge is -2.43. The van der Waals surface area contributed by atoms with E-state index >= 15 is 0 Å². The Balaban J connectivity index is 1.21. The molecule has 8 heteroatoms. The number of hydrogen-bond donors (Lipinski definition) is 0. The summed E-state index contributed by atoms with van der Waals surface area (Å²) in [4.78, 5) is 19.8. The van der Waals surface area contributed by atoms with Gasteiger partial charge in [-0.15, -0.1) is 0 Å². The molecule has 2 aromatic carbocycles. The van der Waals surface area contributed by atoms with Gasteiger partial charge in [-0.05, 0) is 56.2 Å². The predicted octanol–water partition coefficient (Wildman–Crippen LogP) is 5.27. The average molecular weight is 504 g/mol. The Bertz CT molecular complexity index is 1270. The molecule has 37 heavy (non-hydrogen) atoms. The molecule has 0 spiro atoms. The molecule has 0 bridgehead atoms. The number of aryl methyl sites for hydroxylation is 2. The summed E-state index contributed by atoms with van der Waals surface area (Å²) in [7, 11) is 1.90. The Morgan fingerprint density at radius 1 is 1.05 bits per heavy atom. The first-order chi connectivity index (χ1) is 18.0. The van der Waals surface area contributed by atoms with Crippen LogP contribution in [0.1, 0.15) is 42.4 Å². The van der Waals surface area contributed by atoms with Crippen LogP contribution in [0.2, 0.25) is 0 Å². The van der Waals surface area contributed by atoms with Gasteiger partial charge in [0.25, 0.3) is 0 Å². The van der Waals surface area contributed by atoms with Crippen LogP contribution in [0.25, 0.3) is 0 Å². The van der Waals surface area contributed by atoms with Crippen LogP contribution in [-0.4, -0.2) is 46.4 Å². The van der Waals surface area contributed by atoms with Gasteiger partial charge in [0.15, 0.2) is 5.82 Å². The molecule has 1 saturated carbocycles. The zero-order chi connectivity index (χ0) is 25.5. The molecule has 6 rings (SSSR count). The number of urea groups is 1. The van der Waals surface area contributed by atoms with E-state index in [1.165, 1.54) is 18.9 Å². The number of fused-ring (bicyclic) bond motifs is 1. The highest BCUT2D eigenvalue weighted by atomic mass is 19.1. The molecule has 0 unspecified atom stereocenters. The molecule has 3 aromatic rings. The molecule has 7 nitrogen and oxygen atoms in total. The number of carbonyl (C=O) groups is 1.